The van der Waals surface area contributed by atoms with Crippen LogP contribution in [0.2, 0.25) is 5.02 Å². The van der Waals surface area contributed by atoms with Crippen molar-refractivity contribution in [3.05, 3.63) is 39.1 Å². The van der Waals surface area contributed by atoms with Gasteiger partial charge in [-0.1, -0.05) is 11.6 Å². The van der Waals surface area contributed by atoms with Gasteiger partial charge in [0, 0.05) is 16.4 Å². The Morgan fingerprint density at radius 3 is 2.62 bits per heavy atom. The number of hydrogen-bond acceptors (Lipinski definition) is 2. The van der Waals surface area contributed by atoms with Gasteiger partial charge in [0.25, 0.3) is 0 Å². The van der Waals surface area contributed by atoms with Crippen LogP contribution in [-0.2, 0) is 0 Å². The highest BCUT2D eigenvalue weighted by atomic mass is 79.9. The molecule has 2 rings (SSSR count). The Kier molecular flexibility index (Phi) is 2.95. The van der Waals surface area contributed by atoms with E-state index in [0.717, 1.165) is 27.1 Å². The summed E-state index contributed by atoms with van der Waals surface area (Å²) in [6.07, 6.45) is 1.78. The van der Waals surface area contributed by atoms with E-state index in [0.29, 0.717) is 5.02 Å². The van der Waals surface area contributed by atoms with E-state index in [1.54, 1.807) is 10.9 Å². The predicted molar refractivity (Wildman–Crippen MR) is 70.2 cm³/mol. The van der Waals surface area contributed by atoms with Gasteiger partial charge in [-0.15, -0.1) is 0 Å². The Labute approximate surface area is 107 Å². The van der Waals surface area contributed by atoms with E-state index in [-0.39, 0.29) is 0 Å². The highest BCUT2D eigenvalue weighted by molar-refractivity contribution is 9.10. The van der Waals surface area contributed by atoms with Crippen molar-refractivity contribution in [3.8, 4) is 5.69 Å². The van der Waals surface area contributed by atoms with Crippen LogP contribution in [0.5, 0.6) is 0 Å². The molecule has 0 saturated carbocycles. The number of nitrogens with two attached hydrogens (primary N) is 1. The maximum absolute atomic E-state index is 5.98. The molecule has 3 nitrogen and oxygen atoms in total. The molecule has 0 atom stereocenters. The van der Waals surface area contributed by atoms with Gasteiger partial charge in [-0.05, 0) is 47.5 Å². The molecule has 1 heterocycles. The van der Waals surface area contributed by atoms with Crippen LogP contribution < -0.4 is 5.73 Å². The highest BCUT2D eigenvalue weighted by Crippen LogP contribution is 2.27. The van der Waals surface area contributed by atoms with E-state index >= 15 is 0 Å². The first-order chi connectivity index (χ1) is 7.49. The minimum Gasteiger partial charge on any atom is -0.398 e. The van der Waals surface area contributed by atoms with E-state index in [1.807, 2.05) is 26.0 Å². The second-order valence-electron chi connectivity index (χ2n) is 3.67. The van der Waals surface area contributed by atoms with Crippen LogP contribution in [0.25, 0.3) is 5.69 Å². The van der Waals surface area contributed by atoms with Crippen molar-refractivity contribution >= 4 is 33.2 Å². The maximum atomic E-state index is 5.98. The molecule has 0 saturated heterocycles. The maximum Gasteiger partial charge on any atom is 0.0819 e. The Balaban J connectivity index is 2.60. The molecule has 0 aliphatic rings. The minimum atomic E-state index is 0.654. The number of rotatable bonds is 1. The van der Waals surface area contributed by atoms with Crippen LogP contribution in [0.15, 0.2) is 22.8 Å². The lowest BCUT2D eigenvalue weighted by molar-refractivity contribution is 0.858. The molecular formula is C11H11BrClN3. The van der Waals surface area contributed by atoms with Crippen LogP contribution in [0, 0.1) is 13.8 Å². The largest absolute Gasteiger partial charge is 0.398 e. The number of hydrogen-bond donors (Lipinski definition) is 1. The van der Waals surface area contributed by atoms with Crippen LogP contribution in [0.4, 0.5) is 5.69 Å². The summed E-state index contributed by atoms with van der Waals surface area (Å²) in [5.74, 6) is 0. The first-order valence-corrected chi connectivity index (χ1v) is 5.94. The van der Waals surface area contributed by atoms with E-state index in [2.05, 4.69) is 21.0 Å². The van der Waals surface area contributed by atoms with E-state index in [4.69, 9.17) is 17.3 Å². The molecule has 1 aromatic carbocycles. The van der Waals surface area contributed by atoms with Crippen molar-refractivity contribution in [1.29, 1.82) is 0 Å². The molecule has 16 heavy (non-hydrogen) atoms. The normalized spacial score (nSPS) is 10.8. The molecule has 5 heteroatoms. The van der Waals surface area contributed by atoms with Gasteiger partial charge < -0.3 is 5.73 Å². The van der Waals surface area contributed by atoms with Gasteiger partial charge in [-0.2, -0.15) is 5.10 Å². The highest BCUT2D eigenvalue weighted by Gasteiger charge is 2.09. The van der Waals surface area contributed by atoms with Gasteiger partial charge in [-0.25, -0.2) is 4.68 Å². The molecule has 0 spiro atoms. The summed E-state index contributed by atoms with van der Waals surface area (Å²) < 4.78 is 2.64. The smallest absolute Gasteiger partial charge is 0.0819 e. The van der Waals surface area contributed by atoms with E-state index in [1.165, 1.54) is 0 Å². The number of nitrogen functional groups attached to an aromatic ring is 1. The lowest BCUT2D eigenvalue weighted by Crippen LogP contribution is -1.99. The molecule has 2 N–H and O–H groups in total. The van der Waals surface area contributed by atoms with Crippen molar-refractivity contribution in [1.82, 2.24) is 9.78 Å². The predicted octanol–water partition coefficient (Wildman–Crippen LogP) is 3.49. The van der Waals surface area contributed by atoms with E-state index in [9.17, 15) is 0 Å². The fourth-order valence-corrected chi connectivity index (χ4v) is 2.09. The first-order valence-electron chi connectivity index (χ1n) is 4.77. The minimum absolute atomic E-state index is 0.654. The summed E-state index contributed by atoms with van der Waals surface area (Å²) in [5.41, 5.74) is 9.33. The number of aromatic nitrogens is 2. The third kappa shape index (κ3) is 1.95. The van der Waals surface area contributed by atoms with Crippen LogP contribution in [0.1, 0.15) is 11.3 Å². The standard InChI is InChI=1S/C11H11BrClN3/c1-6-3-11(8(12)4-10(6)14)16-5-9(13)7(2)15-16/h3-5H,14H2,1-2H3. The third-order valence-electron chi connectivity index (χ3n) is 2.42. The summed E-state index contributed by atoms with van der Waals surface area (Å²) in [4.78, 5) is 0. The zero-order valence-corrected chi connectivity index (χ0v) is 11.3. The summed E-state index contributed by atoms with van der Waals surface area (Å²) in [6.45, 7) is 3.83. The molecule has 0 fully saturated rings. The molecule has 0 aliphatic carbocycles. The zero-order chi connectivity index (χ0) is 11.9. The van der Waals surface area contributed by atoms with Gasteiger partial charge in [0.05, 0.1) is 16.4 Å². The lowest BCUT2D eigenvalue weighted by Gasteiger charge is -2.08. The SMILES string of the molecule is Cc1cc(-n2cc(Cl)c(C)n2)c(Br)cc1N. The van der Waals surface area contributed by atoms with Gasteiger partial charge >= 0.3 is 0 Å². The quantitative estimate of drug-likeness (QED) is 0.819. The number of benzene rings is 1. The number of nitrogens with zero attached hydrogens (tertiary/aromatic N) is 2. The first kappa shape index (κ1) is 11.5. The van der Waals surface area contributed by atoms with Gasteiger partial charge in [0.2, 0.25) is 0 Å². The van der Waals surface area contributed by atoms with Gasteiger partial charge in [-0.3, -0.25) is 0 Å². The lowest BCUT2D eigenvalue weighted by atomic mass is 10.2. The summed E-state index contributed by atoms with van der Waals surface area (Å²) in [7, 11) is 0. The molecule has 0 bridgehead atoms. The second-order valence-corrected chi connectivity index (χ2v) is 4.93. The van der Waals surface area contributed by atoms with Crippen molar-refractivity contribution in [3.63, 3.8) is 0 Å². The summed E-state index contributed by atoms with van der Waals surface area (Å²) >= 11 is 9.45. The molecule has 2 aromatic rings. The number of anilines is 1. The van der Waals surface area contributed by atoms with Crippen LogP contribution >= 0.6 is 27.5 Å². The van der Waals surface area contributed by atoms with Gasteiger partial charge in [0.15, 0.2) is 0 Å². The molecule has 1 aromatic heterocycles. The van der Waals surface area contributed by atoms with Crippen molar-refractivity contribution in [2.45, 2.75) is 13.8 Å². The van der Waals surface area contributed by atoms with Crippen molar-refractivity contribution in [2.75, 3.05) is 5.73 Å². The molecular weight excluding hydrogens is 289 g/mol. The monoisotopic (exact) mass is 299 g/mol. The average molecular weight is 301 g/mol. The summed E-state index contributed by atoms with van der Waals surface area (Å²) in [5, 5.41) is 4.98. The Hall–Kier alpha value is -1.00. The Morgan fingerprint density at radius 1 is 1.38 bits per heavy atom. The Bertz CT molecular complexity index is 529. The fourth-order valence-electron chi connectivity index (χ4n) is 1.42. The fraction of sp³-hybridized carbons (Fsp3) is 0.182. The number of halogens is 2. The summed E-state index contributed by atoms with van der Waals surface area (Å²) in [6, 6.07) is 3.85. The molecule has 0 amide bonds. The topological polar surface area (TPSA) is 43.8 Å². The van der Waals surface area contributed by atoms with Crippen LogP contribution in [-0.4, -0.2) is 9.78 Å². The third-order valence-corrected chi connectivity index (χ3v) is 3.43. The Morgan fingerprint density at radius 2 is 2.06 bits per heavy atom. The molecule has 0 radical (unpaired) electrons. The van der Waals surface area contributed by atoms with E-state index < -0.39 is 0 Å². The molecule has 84 valence electrons. The van der Waals surface area contributed by atoms with Crippen LogP contribution in [0.3, 0.4) is 0 Å². The second kappa shape index (κ2) is 4.11. The van der Waals surface area contributed by atoms with Gasteiger partial charge in [0.1, 0.15) is 0 Å². The molecule has 0 unspecified atom stereocenters. The van der Waals surface area contributed by atoms with Crippen molar-refractivity contribution in [2.24, 2.45) is 0 Å². The molecule has 0 aliphatic heterocycles. The number of aryl methyl sites for hydroxylation is 2. The average Bonchev–Trinajstić information content (AvgIpc) is 2.53. The zero-order valence-electron chi connectivity index (χ0n) is 8.96. The van der Waals surface area contributed by atoms with Crippen molar-refractivity contribution < 1.29 is 0 Å².